The van der Waals surface area contributed by atoms with Gasteiger partial charge in [-0.3, -0.25) is 19.1 Å². The molecule has 2 saturated carbocycles. The molecule has 1 aliphatic heterocycles. The Kier molecular flexibility index (Phi) is 10.8. The van der Waals surface area contributed by atoms with Crippen LogP contribution in [0.15, 0.2) is 66.7 Å². The first-order valence-electron chi connectivity index (χ1n) is 18.1. The van der Waals surface area contributed by atoms with Crippen LogP contribution in [0.2, 0.25) is 10.0 Å². The van der Waals surface area contributed by atoms with Crippen molar-refractivity contribution in [1.29, 1.82) is 0 Å². The predicted octanol–water partition coefficient (Wildman–Crippen LogP) is 6.22. The molecular formula is C39H42Cl2N6O7S2. The summed E-state index contributed by atoms with van der Waals surface area (Å²) in [6.45, 7) is 9.51. The van der Waals surface area contributed by atoms with Gasteiger partial charge in [0.2, 0.25) is 27.7 Å². The number of rotatable bonds is 13. The molecule has 296 valence electrons. The van der Waals surface area contributed by atoms with Crippen LogP contribution in [0, 0.1) is 11.3 Å². The largest absolute Gasteiger partial charge is 0.494 e. The highest BCUT2D eigenvalue weighted by Gasteiger charge is 2.62. The van der Waals surface area contributed by atoms with Gasteiger partial charge < -0.3 is 25.0 Å². The quantitative estimate of drug-likeness (QED) is 0.132. The maximum absolute atomic E-state index is 14.8. The number of ether oxygens (including phenoxy) is 2. The topological polar surface area (TPSA) is 169 Å². The Bertz CT molecular complexity index is 2330. The average Bonchev–Trinajstić information content (AvgIpc) is 4.04. The Morgan fingerprint density at radius 1 is 1.11 bits per heavy atom. The lowest BCUT2D eigenvalue weighted by Crippen LogP contribution is -2.58. The molecule has 0 bridgehead atoms. The first-order valence-corrected chi connectivity index (χ1v) is 21.3. The number of likely N-dealkylation sites (tertiary alicyclic amines) is 1. The van der Waals surface area contributed by atoms with Gasteiger partial charge in [-0.1, -0.05) is 62.2 Å². The maximum atomic E-state index is 14.8. The molecule has 13 nitrogen and oxygen atoms in total. The second-order valence-corrected chi connectivity index (χ2v) is 19.2. The molecule has 2 aromatic carbocycles. The Balaban J connectivity index is 1.19. The maximum Gasteiger partial charge on any atom is 0.259 e. The van der Waals surface area contributed by atoms with Crippen molar-refractivity contribution in [2.45, 2.75) is 75.4 Å². The number of hydrogen-bond donors (Lipinski definition) is 3. The number of methoxy groups -OCH3 is 1. The molecule has 2 aromatic heterocycles. The van der Waals surface area contributed by atoms with E-state index in [4.69, 9.17) is 37.7 Å². The van der Waals surface area contributed by atoms with E-state index in [0.717, 1.165) is 5.56 Å². The van der Waals surface area contributed by atoms with Crippen molar-refractivity contribution in [3.63, 3.8) is 0 Å². The summed E-state index contributed by atoms with van der Waals surface area (Å²) in [5.74, 6) is -1.62. The lowest BCUT2D eigenvalue weighted by molar-refractivity contribution is -0.141. The molecule has 3 heterocycles. The molecule has 5 atom stereocenters. The number of sulfonamides is 1. The number of nitrogens with zero attached hydrogens (tertiary/aromatic N) is 3. The van der Waals surface area contributed by atoms with Crippen LogP contribution < -0.4 is 24.8 Å². The first kappa shape index (κ1) is 39.8. The smallest absolute Gasteiger partial charge is 0.259 e. The average molecular weight is 842 g/mol. The summed E-state index contributed by atoms with van der Waals surface area (Å²) in [6.07, 6.45) is 3.44. The third kappa shape index (κ3) is 8.04. The number of anilines is 1. The third-order valence-electron chi connectivity index (χ3n) is 10.4. The Morgan fingerprint density at radius 2 is 1.86 bits per heavy atom. The van der Waals surface area contributed by atoms with Crippen LogP contribution in [0.3, 0.4) is 0 Å². The SMILES string of the molecule is C=C[C@@H]1C[C@]1(NC(=O)[C@@H]1C[C@@H](Oc2ncc(OC)c3ccc(Cl)cc23)CN1C(=O)[C@@H](Nc1nc(-c2cccc(Cl)c2)cs1)C(C)(C)C)C(=O)NS(=O)(=O)C1CC1. The molecule has 0 radical (unpaired) electrons. The van der Waals surface area contributed by atoms with E-state index in [0.29, 0.717) is 50.2 Å². The van der Waals surface area contributed by atoms with Gasteiger partial charge in [-0.25, -0.2) is 18.4 Å². The molecule has 17 heteroatoms. The van der Waals surface area contributed by atoms with E-state index in [1.165, 1.54) is 35.6 Å². The second kappa shape index (κ2) is 15.1. The minimum atomic E-state index is -3.90. The molecule has 56 heavy (non-hydrogen) atoms. The zero-order chi connectivity index (χ0) is 40.2. The van der Waals surface area contributed by atoms with Gasteiger partial charge in [0, 0.05) is 44.1 Å². The number of halogens is 2. The van der Waals surface area contributed by atoms with Crippen molar-refractivity contribution in [3.8, 4) is 22.9 Å². The lowest BCUT2D eigenvalue weighted by Gasteiger charge is -2.35. The molecule has 7 rings (SSSR count). The molecule has 0 spiro atoms. The van der Waals surface area contributed by atoms with E-state index in [2.05, 4.69) is 26.9 Å². The summed E-state index contributed by atoms with van der Waals surface area (Å²) in [5.41, 5.74) is -0.719. The summed E-state index contributed by atoms with van der Waals surface area (Å²) < 4.78 is 39.7. The van der Waals surface area contributed by atoms with E-state index >= 15 is 0 Å². The molecule has 1 saturated heterocycles. The highest BCUT2D eigenvalue weighted by molar-refractivity contribution is 7.91. The van der Waals surface area contributed by atoms with Crippen LogP contribution in [0.1, 0.15) is 46.5 Å². The van der Waals surface area contributed by atoms with Crippen LogP contribution >= 0.6 is 34.5 Å². The number of thiazole rings is 1. The molecule has 3 aliphatic rings. The summed E-state index contributed by atoms with van der Waals surface area (Å²) >= 11 is 13.9. The third-order valence-corrected chi connectivity index (χ3v) is 13.4. The Hall–Kier alpha value is -4.44. The van der Waals surface area contributed by atoms with E-state index in [9.17, 15) is 22.8 Å². The monoisotopic (exact) mass is 840 g/mol. The van der Waals surface area contributed by atoms with Gasteiger partial charge in [-0.15, -0.1) is 17.9 Å². The Labute approximate surface area is 339 Å². The number of benzene rings is 2. The first-order chi connectivity index (χ1) is 26.5. The lowest BCUT2D eigenvalue weighted by atomic mass is 9.85. The fourth-order valence-electron chi connectivity index (χ4n) is 7.03. The Morgan fingerprint density at radius 3 is 2.52 bits per heavy atom. The minimum Gasteiger partial charge on any atom is -0.494 e. The molecular weight excluding hydrogens is 800 g/mol. The number of hydrogen-bond acceptors (Lipinski definition) is 11. The van der Waals surface area contributed by atoms with E-state index in [1.54, 1.807) is 30.3 Å². The van der Waals surface area contributed by atoms with Crippen LogP contribution in [-0.4, -0.2) is 83.6 Å². The zero-order valence-electron chi connectivity index (χ0n) is 31.2. The summed E-state index contributed by atoms with van der Waals surface area (Å²) in [4.78, 5) is 53.5. The molecule has 3 amide bonds. The second-order valence-electron chi connectivity index (χ2n) is 15.5. The standard InChI is InChI=1S/C39H42Cl2N6O7S2/c1-6-22-17-39(22,36(50)46-56(51,52)26-11-12-26)45-33(48)30-16-25(54-34-28-15-24(41)10-13-27(28)31(53-5)18-42-34)19-47(30)35(49)32(38(2,3)4)44-37-43-29(20-55-37)21-8-7-9-23(40)14-21/h6-10,13-15,18,20,22,25-26,30,32H,1,11-12,16-17,19H2,2-5H3,(H,43,44)(H,45,48)(H,46,50)/t22-,25-,30+,32-,39-/m1/s1. The fourth-order valence-corrected chi connectivity index (χ4v) is 9.51. The van der Waals surface area contributed by atoms with Crippen LogP contribution in [-0.2, 0) is 24.4 Å². The van der Waals surface area contributed by atoms with Crippen molar-refractivity contribution < 1.29 is 32.3 Å². The normalized spacial score (nSPS) is 22.6. The number of amides is 3. The summed E-state index contributed by atoms with van der Waals surface area (Å²) in [7, 11) is -2.37. The number of nitrogens with one attached hydrogen (secondary N) is 3. The highest BCUT2D eigenvalue weighted by Crippen LogP contribution is 2.46. The predicted molar refractivity (Wildman–Crippen MR) is 217 cm³/mol. The van der Waals surface area contributed by atoms with Crippen LogP contribution in [0.25, 0.3) is 22.0 Å². The van der Waals surface area contributed by atoms with Crippen molar-refractivity contribution in [2.75, 3.05) is 19.0 Å². The zero-order valence-corrected chi connectivity index (χ0v) is 34.3. The van der Waals surface area contributed by atoms with Crippen LogP contribution in [0.4, 0.5) is 5.13 Å². The highest BCUT2D eigenvalue weighted by atomic mass is 35.5. The van der Waals surface area contributed by atoms with Gasteiger partial charge in [-0.2, -0.15) is 0 Å². The van der Waals surface area contributed by atoms with Gasteiger partial charge in [-0.05, 0) is 55.0 Å². The molecule has 0 unspecified atom stereocenters. The number of fused-ring (bicyclic) bond motifs is 1. The number of carbonyl (C=O) groups excluding carboxylic acids is 3. The number of carbonyl (C=O) groups is 3. The van der Waals surface area contributed by atoms with Gasteiger partial charge in [0.15, 0.2) is 5.13 Å². The van der Waals surface area contributed by atoms with Crippen molar-refractivity contribution in [3.05, 3.63) is 76.7 Å². The van der Waals surface area contributed by atoms with Gasteiger partial charge >= 0.3 is 0 Å². The molecule has 2 aliphatic carbocycles. The van der Waals surface area contributed by atoms with Crippen LogP contribution in [0.5, 0.6) is 11.6 Å². The molecule has 3 fully saturated rings. The fraction of sp³-hybridized carbons (Fsp3) is 0.410. The minimum absolute atomic E-state index is 0.00722. The van der Waals surface area contributed by atoms with Gasteiger partial charge in [0.25, 0.3) is 5.91 Å². The number of aromatic nitrogens is 2. The number of pyridine rings is 1. The van der Waals surface area contributed by atoms with Crippen molar-refractivity contribution in [1.82, 2.24) is 24.9 Å². The van der Waals surface area contributed by atoms with E-state index < -0.39 is 68.1 Å². The van der Waals surface area contributed by atoms with Crippen molar-refractivity contribution in [2.24, 2.45) is 11.3 Å². The molecule has 4 aromatic rings. The summed E-state index contributed by atoms with van der Waals surface area (Å²) in [5, 5.41) is 10.2. The van der Waals surface area contributed by atoms with Gasteiger partial charge in [0.1, 0.15) is 29.5 Å². The van der Waals surface area contributed by atoms with Gasteiger partial charge in [0.05, 0.1) is 30.8 Å². The van der Waals surface area contributed by atoms with E-state index in [1.807, 2.05) is 38.3 Å². The summed E-state index contributed by atoms with van der Waals surface area (Å²) in [6, 6.07) is 10.6. The van der Waals surface area contributed by atoms with E-state index in [-0.39, 0.29) is 25.3 Å². The van der Waals surface area contributed by atoms with Crippen molar-refractivity contribution >= 4 is 78.2 Å². The molecule has 3 N–H and O–H groups in total.